The van der Waals surface area contributed by atoms with Crippen LogP contribution in [0.1, 0.15) is 26.7 Å². The van der Waals surface area contributed by atoms with E-state index in [1.54, 1.807) is 13.3 Å². The molecule has 0 radical (unpaired) electrons. The van der Waals surface area contributed by atoms with E-state index < -0.39 is 0 Å². The minimum absolute atomic E-state index is 0.509. The average molecular weight is 396 g/mol. The normalized spacial score (nSPS) is 19.0. The molecule has 25 heavy (non-hydrogen) atoms. The summed E-state index contributed by atoms with van der Waals surface area (Å²) in [6.07, 6.45) is 7.73. The molecule has 0 N–H and O–H groups in total. The van der Waals surface area contributed by atoms with Gasteiger partial charge in [-0.2, -0.15) is 0 Å². The van der Waals surface area contributed by atoms with Crippen LogP contribution in [0.2, 0.25) is 10.0 Å². The molecule has 1 aliphatic rings. The van der Waals surface area contributed by atoms with Gasteiger partial charge in [0.15, 0.2) is 0 Å². The van der Waals surface area contributed by atoms with Gasteiger partial charge in [0.05, 0.1) is 26.5 Å². The molecular formula is C20H21Cl3N2. The summed E-state index contributed by atoms with van der Waals surface area (Å²) in [6, 6.07) is 5.45. The summed E-state index contributed by atoms with van der Waals surface area (Å²) in [4.78, 5) is 6.04. The van der Waals surface area contributed by atoms with Gasteiger partial charge in [0.25, 0.3) is 0 Å². The third kappa shape index (κ3) is 4.20. The molecule has 0 atom stereocenters. The Hall–Kier alpha value is -1.48. The molecule has 1 heterocycles. The number of allylic oxidation sites excluding steroid dienone is 5. The van der Waals surface area contributed by atoms with Crippen LogP contribution in [0.5, 0.6) is 0 Å². The van der Waals surface area contributed by atoms with Crippen molar-refractivity contribution in [2.75, 3.05) is 11.9 Å². The molecular weight excluding hydrogens is 375 g/mol. The summed E-state index contributed by atoms with van der Waals surface area (Å²) in [6.45, 7) is 8.30. The van der Waals surface area contributed by atoms with Crippen molar-refractivity contribution >= 4 is 46.7 Å². The summed E-state index contributed by atoms with van der Waals surface area (Å²) in [5.74, 6) is 0. The van der Waals surface area contributed by atoms with Gasteiger partial charge in [-0.1, -0.05) is 66.9 Å². The highest BCUT2D eigenvalue weighted by Crippen LogP contribution is 2.44. The van der Waals surface area contributed by atoms with Gasteiger partial charge in [-0.15, -0.1) is 0 Å². The molecule has 0 unspecified atom stereocenters. The third-order valence-electron chi connectivity index (χ3n) is 3.83. The zero-order chi connectivity index (χ0) is 18.6. The molecule has 1 aromatic carbocycles. The lowest BCUT2D eigenvalue weighted by Crippen LogP contribution is -2.27. The van der Waals surface area contributed by atoms with Gasteiger partial charge in [0.1, 0.15) is 0 Å². The van der Waals surface area contributed by atoms with Gasteiger partial charge < -0.3 is 4.90 Å². The first-order valence-corrected chi connectivity index (χ1v) is 9.19. The molecule has 0 saturated heterocycles. The van der Waals surface area contributed by atoms with Gasteiger partial charge in [0, 0.05) is 24.5 Å². The fourth-order valence-electron chi connectivity index (χ4n) is 2.76. The maximum absolute atomic E-state index is 6.61. The van der Waals surface area contributed by atoms with Gasteiger partial charge in [-0.25, -0.2) is 0 Å². The van der Waals surface area contributed by atoms with E-state index >= 15 is 0 Å². The molecule has 1 aliphatic heterocycles. The Balaban J connectivity index is 2.81. The zero-order valence-electron chi connectivity index (χ0n) is 14.6. The van der Waals surface area contributed by atoms with Crippen LogP contribution in [0.15, 0.2) is 69.5 Å². The van der Waals surface area contributed by atoms with Crippen molar-refractivity contribution in [3.63, 3.8) is 0 Å². The maximum atomic E-state index is 6.61. The molecule has 0 bridgehead atoms. The Labute approximate surface area is 164 Å². The second-order valence-corrected chi connectivity index (χ2v) is 6.93. The first-order valence-electron chi connectivity index (χ1n) is 8.06. The molecule has 0 amide bonds. The van der Waals surface area contributed by atoms with Crippen molar-refractivity contribution in [2.45, 2.75) is 26.7 Å². The molecule has 5 heteroatoms. The van der Waals surface area contributed by atoms with Crippen molar-refractivity contribution in [3.05, 3.63) is 74.5 Å². The standard InChI is InChI=1S/C20H21Cl3N2/c1-5-6-8-15-13(2)11-14(3)25(19(15)18(23)12-24-4)20-16(21)9-7-10-17(20)22/h7-12H,2,5-6H2,1,3-4H3/b15-8+,19-18-,24-12-. The molecule has 132 valence electrons. The second kappa shape index (κ2) is 8.75. The van der Waals surface area contributed by atoms with Gasteiger partial charge >= 0.3 is 0 Å². The van der Waals surface area contributed by atoms with E-state index in [1.807, 2.05) is 36.1 Å². The van der Waals surface area contributed by atoms with E-state index in [4.69, 9.17) is 34.8 Å². The Kier molecular flexibility index (Phi) is 6.95. The minimum Gasteiger partial charge on any atom is -0.309 e. The second-order valence-electron chi connectivity index (χ2n) is 5.71. The van der Waals surface area contributed by atoms with Crippen LogP contribution in [0.25, 0.3) is 0 Å². The number of halogens is 3. The lowest BCUT2D eigenvalue weighted by molar-refractivity contribution is 0.942. The van der Waals surface area contributed by atoms with Crippen molar-refractivity contribution in [1.82, 2.24) is 0 Å². The topological polar surface area (TPSA) is 15.6 Å². The largest absolute Gasteiger partial charge is 0.309 e. The first kappa shape index (κ1) is 19.8. The smallest absolute Gasteiger partial charge is 0.0833 e. The van der Waals surface area contributed by atoms with Crippen LogP contribution in [0, 0.1) is 0 Å². The lowest BCUT2D eigenvalue weighted by atomic mass is 9.95. The molecule has 0 aliphatic carbocycles. The van der Waals surface area contributed by atoms with E-state index in [0.717, 1.165) is 35.4 Å². The number of hydrogen-bond donors (Lipinski definition) is 0. The number of hydrogen-bond acceptors (Lipinski definition) is 2. The number of benzene rings is 1. The number of aliphatic imine (C=N–C) groups is 1. The molecule has 0 aromatic heterocycles. The highest BCUT2D eigenvalue weighted by atomic mass is 35.5. The van der Waals surface area contributed by atoms with Crippen LogP contribution >= 0.6 is 34.8 Å². The number of anilines is 1. The van der Waals surface area contributed by atoms with Crippen LogP contribution in [-0.2, 0) is 0 Å². The van der Waals surface area contributed by atoms with Crippen molar-refractivity contribution in [2.24, 2.45) is 4.99 Å². The number of para-hydroxylation sites is 1. The molecule has 2 nitrogen and oxygen atoms in total. The van der Waals surface area contributed by atoms with Crippen LogP contribution in [0.4, 0.5) is 5.69 Å². The summed E-state index contributed by atoms with van der Waals surface area (Å²) < 4.78 is 0. The fourth-order valence-corrected chi connectivity index (χ4v) is 3.61. The predicted molar refractivity (Wildman–Crippen MR) is 112 cm³/mol. The summed E-state index contributed by atoms with van der Waals surface area (Å²) in [7, 11) is 1.69. The van der Waals surface area contributed by atoms with Crippen molar-refractivity contribution in [3.8, 4) is 0 Å². The Morgan fingerprint density at radius 2 is 1.92 bits per heavy atom. The summed E-state index contributed by atoms with van der Waals surface area (Å²) in [5.41, 5.74) is 4.30. The highest BCUT2D eigenvalue weighted by molar-refractivity contribution is 6.41. The van der Waals surface area contributed by atoms with Crippen LogP contribution < -0.4 is 4.90 Å². The maximum Gasteiger partial charge on any atom is 0.0833 e. The number of nitrogens with zero attached hydrogens (tertiary/aromatic N) is 2. The average Bonchev–Trinajstić information content (AvgIpc) is 2.55. The first-order chi connectivity index (χ1) is 11.9. The Morgan fingerprint density at radius 3 is 2.48 bits per heavy atom. The minimum atomic E-state index is 0.509. The van der Waals surface area contributed by atoms with E-state index in [0.29, 0.717) is 20.8 Å². The molecule has 1 aromatic rings. The van der Waals surface area contributed by atoms with Crippen molar-refractivity contribution in [1.29, 1.82) is 0 Å². The van der Waals surface area contributed by atoms with Gasteiger partial charge in [0.2, 0.25) is 0 Å². The fraction of sp³-hybridized carbons (Fsp3) is 0.250. The van der Waals surface area contributed by atoms with Crippen LogP contribution in [0.3, 0.4) is 0 Å². The summed E-state index contributed by atoms with van der Waals surface area (Å²) in [5, 5.41) is 1.62. The summed E-state index contributed by atoms with van der Waals surface area (Å²) >= 11 is 19.5. The quantitative estimate of drug-likeness (QED) is 0.494. The predicted octanol–water partition coefficient (Wildman–Crippen LogP) is 7.15. The van der Waals surface area contributed by atoms with Crippen LogP contribution in [-0.4, -0.2) is 13.3 Å². The van der Waals surface area contributed by atoms with Gasteiger partial charge in [-0.05, 0) is 37.1 Å². The molecule has 2 rings (SSSR count). The van der Waals surface area contributed by atoms with E-state index in [9.17, 15) is 0 Å². The molecule has 0 spiro atoms. The lowest BCUT2D eigenvalue weighted by Gasteiger charge is -2.35. The van der Waals surface area contributed by atoms with Gasteiger partial charge in [-0.3, -0.25) is 4.99 Å². The van der Waals surface area contributed by atoms with E-state index in [-0.39, 0.29) is 0 Å². The SMILES string of the molecule is C=C1C=C(C)N(c2c(Cl)cccc2Cl)C(=C(Cl)/C=N\C)/C1=C/CCC. The van der Waals surface area contributed by atoms with Crippen molar-refractivity contribution < 1.29 is 0 Å². The molecule has 0 saturated carbocycles. The number of rotatable bonds is 4. The Morgan fingerprint density at radius 1 is 1.28 bits per heavy atom. The monoisotopic (exact) mass is 394 g/mol. The highest BCUT2D eigenvalue weighted by Gasteiger charge is 2.28. The number of unbranched alkanes of at least 4 members (excludes halogenated alkanes) is 1. The zero-order valence-corrected chi connectivity index (χ0v) is 16.9. The van der Waals surface area contributed by atoms with E-state index in [2.05, 4.69) is 24.6 Å². The molecule has 0 fully saturated rings. The third-order valence-corrected chi connectivity index (χ3v) is 4.71. The van der Waals surface area contributed by atoms with E-state index in [1.165, 1.54) is 0 Å². The Bertz CT molecular complexity index is 781.